The monoisotopic (exact) mass is 748 g/mol. The number of fused-ring (bicyclic) bond motifs is 2. The van der Waals surface area contributed by atoms with Gasteiger partial charge < -0.3 is 19.9 Å². The van der Waals surface area contributed by atoms with Gasteiger partial charge >= 0.3 is 5.97 Å². The number of carbonyl (C=O) groups excluding carboxylic acids is 1. The van der Waals surface area contributed by atoms with Crippen molar-refractivity contribution in [3.63, 3.8) is 0 Å². The molecule has 0 unspecified atom stereocenters. The molecule has 0 fully saturated rings. The number of thiazole rings is 1. The Balaban J connectivity index is 1.17. The molecule has 0 radical (unpaired) electrons. The summed E-state index contributed by atoms with van der Waals surface area (Å²) in [6.07, 6.45) is 14.3. The van der Waals surface area contributed by atoms with Crippen LogP contribution in [0.3, 0.4) is 0 Å². The van der Waals surface area contributed by atoms with Gasteiger partial charge in [-0.05, 0) is 46.5 Å². The van der Waals surface area contributed by atoms with E-state index in [2.05, 4.69) is 82.3 Å². The molecule has 6 nitrogen and oxygen atoms in total. The minimum atomic E-state index is -1.05. The minimum Gasteiger partial charge on any atom is -0.549 e. The third-order valence-corrected chi connectivity index (χ3v) is 12.1. The van der Waals surface area contributed by atoms with Gasteiger partial charge in [0.2, 0.25) is 5.52 Å². The van der Waals surface area contributed by atoms with E-state index in [9.17, 15) is 14.7 Å². The van der Waals surface area contributed by atoms with Crippen molar-refractivity contribution < 1.29 is 24.4 Å². The number of carbonyl (C=O) groups is 2. The fraction of sp³-hybridized carbons (Fsp3) is 0.146. The number of hydrogen-bond donors (Lipinski definition) is 1. The molecule has 0 bridgehead atoms. The summed E-state index contributed by atoms with van der Waals surface area (Å²) in [6, 6.07) is 33.7. The molecule has 6 rings (SSSR count). The minimum absolute atomic E-state index is 0.0188. The van der Waals surface area contributed by atoms with Crippen molar-refractivity contribution in [1.29, 1.82) is 0 Å². The first-order valence-electron chi connectivity index (χ1n) is 16.4. The Morgan fingerprint density at radius 3 is 2.16 bits per heavy atom. The van der Waals surface area contributed by atoms with Crippen LogP contribution in [0.5, 0.6) is 0 Å². The lowest BCUT2D eigenvalue weighted by Gasteiger charge is -2.20. The molecule has 0 spiro atoms. The van der Waals surface area contributed by atoms with Gasteiger partial charge in [-0.2, -0.15) is 4.57 Å². The highest BCUT2D eigenvalue weighted by molar-refractivity contribution is 8.03. The maximum Gasteiger partial charge on any atom is 0.313 e. The molecule has 0 aliphatic carbocycles. The van der Waals surface area contributed by atoms with E-state index in [1.54, 1.807) is 23.1 Å². The topological polar surface area (TPSA) is 84.5 Å². The number of aryl methyl sites for hydroxylation is 1. The highest BCUT2D eigenvalue weighted by atomic mass is 32.2. The largest absolute Gasteiger partial charge is 0.549 e. The third-order valence-electron chi connectivity index (χ3n) is 7.96. The van der Waals surface area contributed by atoms with Crippen LogP contribution in [-0.2, 0) is 16.1 Å². The molecule has 258 valence electrons. The zero-order chi connectivity index (χ0) is 35.4. The second-order valence-corrected chi connectivity index (χ2v) is 15.8. The van der Waals surface area contributed by atoms with E-state index in [1.165, 1.54) is 33.1 Å². The Hall–Kier alpha value is -4.48. The summed E-state index contributed by atoms with van der Waals surface area (Å²) in [4.78, 5) is 25.5. The third kappa shape index (κ3) is 9.86. The number of allylic oxidation sites excluding steroid dienone is 6. The molecule has 0 saturated carbocycles. The fourth-order valence-corrected chi connectivity index (χ4v) is 9.04. The maximum atomic E-state index is 11.1. The summed E-state index contributed by atoms with van der Waals surface area (Å²) in [5.74, 6) is -0.403. The number of rotatable bonds is 16. The second-order valence-electron chi connectivity index (χ2n) is 11.4. The van der Waals surface area contributed by atoms with Gasteiger partial charge in [0.15, 0.2) is 6.54 Å². The predicted octanol–water partition coefficient (Wildman–Crippen LogP) is 8.40. The number of carboxylic acids is 2. The second kappa shape index (κ2) is 18.1. The van der Waals surface area contributed by atoms with E-state index in [1.807, 2.05) is 66.8 Å². The van der Waals surface area contributed by atoms with Crippen LogP contribution in [0.4, 0.5) is 5.69 Å². The van der Waals surface area contributed by atoms with Crippen LogP contribution in [0.1, 0.15) is 5.01 Å². The molecule has 4 aromatic carbocycles. The van der Waals surface area contributed by atoms with E-state index < -0.39 is 11.9 Å². The SMILES string of the molecule is O=C([O-])CSCC[n+]1c(/C=C/C=C/C=C/C=C2\Sc3ccc(-c4ccccc4)cc3N2CCSCC(=O)O)sc2ccc(-c3ccccc3)cc21. The molecule has 10 heteroatoms. The molecule has 0 amide bonds. The Bertz CT molecular complexity index is 2110. The van der Waals surface area contributed by atoms with Crippen LogP contribution in [-0.4, -0.2) is 46.6 Å². The number of benzene rings is 4. The van der Waals surface area contributed by atoms with Gasteiger partial charge in [0.25, 0.3) is 5.01 Å². The number of aromatic nitrogens is 1. The van der Waals surface area contributed by atoms with E-state index in [0.717, 1.165) is 43.5 Å². The maximum absolute atomic E-state index is 11.1. The molecule has 0 saturated heterocycles. The molecule has 1 aromatic heterocycles. The Labute approximate surface area is 314 Å². The number of hydrogen-bond acceptors (Lipinski definition) is 8. The van der Waals surface area contributed by atoms with Crippen LogP contribution in [0.15, 0.2) is 143 Å². The molecule has 1 N–H and O–H groups in total. The standard InChI is InChI=1S/C41H36N2O4S4/c44-40(45)28-48-24-22-42-34-26-32(30-12-6-4-7-13-30)18-20-36(34)50-38(42)16-10-2-1-3-11-17-39-43(23-25-49-29-41(46)47)35-27-33(19-21-37(35)51-39)31-14-8-5-9-15-31/h1-21,26-27H,22-25,28-29H2,(H-,44,45,46,47). The van der Waals surface area contributed by atoms with Crippen LogP contribution < -0.4 is 14.6 Å². The summed E-state index contributed by atoms with van der Waals surface area (Å²) in [6.45, 7) is 1.40. The lowest BCUT2D eigenvalue weighted by molar-refractivity contribution is -0.664. The Morgan fingerprint density at radius 2 is 1.43 bits per heavy atom. The van der Waals surface area contributed by atoms with Gasteiger partial charge in [0.05, 0.1) is 28.2 Å². The lowest BCUT2D eigenvalue weighted by Crippen LogP contribution is -2.36. The number of carboxylic acid groups (broad SMARTS) is 2. The van der Waals surface area contributed by atoms with Crippen molar-refractivity contribution in [2.24, 2.45) is 0 Å². The molecule has 2 heterocycles. The van der Waals surface area contributed by atoms with Crippen molar-refractivity contribution in [2.45, 2.75) is 11.4 Å². The van der Waals surface area contributed by atoms with Crippen molar-refractivity contribution in [1.82, 2.24) is 0 Å². The quantitative estimate of drug-likeness (QED) is 0.0612. The van der Waals surface area contributed by atoms with Gasteiger partial charge in [0, 0.05) is 35.1 Å². The number of aliphatic carboxylic acids is 2. The normalized spacial score (nSPS) is 13.7. The van der Waals surface area contributed by atoms with E-state index in [-0.39, 0.29) is 11.5 Å². The lowest BCUT2D eigenvalue weighted by atomic mass is 10.0. The summed E-state index contributed by atoms with van der Waals surface area (Å²) in [5, 5.41) is 22.3. The molecule has 1 aliphatic heterocycles. The average molecular weight is 749 g/mol. The summed E-state index contributed by atoms with van der Waals surface area (Å²) in [7, 11) is 0. The summed E-state index contributed by atoms with van der Waals surface area (Å²) in [5.41, 5.74) is 6.88. The number of thioether (sulfide) groups is 3. The highest BCUT2D eigenvalue weighted by Crippen LogP contribution is 2.47. The molecule has 51 heavy (non-hydrogen) atoms. The van der Waals surface area contributed by atoms with E-state index in [4.69, 9.17) is 5.11 Å². The molecule has 5 aromatic rings. The van der Waals surface area contributed by atoms with Crippen molar-refractivity contribution in [3.05, 3.63) is 144 Å². The molecular formula is C41H36N2O4S4. The smallest absolute Gasteiger partial charge is 0.313 e. The van der Waals surface area contributed by atoms with Crippen LogP contribution in [0, 0.1) is 0 Å². The van der Waals surface area contributed by atoms with Gasteiger partial charge in [-0.1, -0.05) is 126 Å². The van der Waals surface area contributed by atoms with Gasteiger partial charge in [-0.25, -0.2) is 0 Å². The Morgan fingerprint density at radius 1 is 0.765 bits per heavy atom. The predicted molar refractivity (Wildman–Crippen MR) is 215 cm³/mol. The van der Waals surface area contributed by atoms with Gasteiger partial charge in [0.1, 0.15) is 4.70 Å². The first-order chi connectivity index (χ1) is 25.0. The zero-order valence-electron chi connectivity index (χ0n) is 27.7. The van der Waals surface area contributed by atoms with E-state index in [0.29, 0.717) is 24.6 Å². The number of nitrogens with zero attached hydrogens (tertiary/aromatic N) is 2. The molecule has 1 aliphatic rings. The van der Waals surface area contributed by atoms with Gasteiger partial charge in [-0.15, -0.1) is 23.5 Å². The van der Waals surface area contributed by atoms with Crippen molar-refractivity contribution in [2.75, 3.05) is 34.5 Å². The first-order valence-corrected chi connectivity index (χ1v) is 20.4. The first kappa shape index (κ1) is 36.3. The number of anilines is 1. The van der Waals surface area contributed by atoms with Crippen LogP contribution >= 0.6 is 46.6 Å². The summed E-state index contributed by atoms with van der Waals surface area (Å²) < 4.78 is 3.44. The van der Waals surface area contributed by atoms with E-state index >= 15 is 0 Å². The van der Waals surface area contributed by atoms with Crippen molar-refractivity contribution >= 4 is 80.5 Å². The Kier molecular flexibility index (Phi) is 12.9. The highest BCUT2D eigenvalue weighted by Gasteiger charge is 2.25. The van der Waals surface area contributed by atoms with Crippen molar-refractivity contribution in [3.8, 4) is 22.3 Å². The van der Waals surface area contributed by atoms with Gasteiger partial charge in [-0.3, -0.25) is 4.79 Å². The van der Waals surface area contributed by atoms with Crippen LogP contribution in [0.25, 0.3) is 38.5 Å². The summed E-state index contributed by atoms with van der Waals surface area (Å²) >= 11 is 6.23. The molecule has 0 atom stereocenters. The zero-order valence-corrected chi connectivity index (χ0v) is 31.0. The fourth-order valence-electron chi connectivity index (χ4n) is 5.63. The average Bonchev–Trinajstić information content (AvgIpc) is 3.68. The van der Waals surface area contributed by atoms with Crippen LogP contribution in [0.2, 0.25) is 0 Å². The molecular weight excluding hydrogens is 713 g/mol.